The minimum atomic E-state index is -3.71. The molecule has 0 unspecified atom stereocenters. The first-order chi connectivity index (χ1) is 7.00. The number of aromatic nitrogens is 1. The topological polar surface area (TPSA) is 60.2 Å². The van der Waals surface area contributed by atoms with Gasteiger partial charge in [-0.25, -0.2) is 13.4 Å². The van der Waals surface area contributed by atoms with E-state index >= 15 is 0 Å². The maximum absolute atomic E-state index is 11.1. The van der Waals surface area contributed by atoms with Crippen molar-refractivity contribution >= 4 is 42.6 Å². The number of benzene rings is 1. The van der Waals surface area contributed by atoms with Crippen molar-refractivity contribution in [3.8, 4) is 0 Å². The van der Waals surface area contributed by atoms with Crippen molar-refractivity contribution in [2.45, 2.75) is 10.1 Å². The van der Waals surface area contributed by atoms with Gasteiger partial charge in [-0.2, -0.15) is 0 Å². The van der Waals surface area contributed by atoms with E-state index in [4.69, 9.17) is 15.1 Å². The molecule has 0 aliphatic carbocycles. The van der Waals surface area contributed by atoms with Crippen LogP contribution in [0.1, 0.15) is 0 Å². The van der Waals surface area contributed by atoms with Gasteiger partial charge in [-0.3, -0.25) is 0 Å². The molecule has 80 valence electrons. The predicted molar refractivity (Wildman–Crippen MR) is 58.8 cm³/mol. The van der Waals surface area contributed by atoms with Crippen LogP contribution in [-0.2, 0) is 9.05 Å². The Labute approximate surface area is 95.0 Å². The van der Waals surface area contributed by atoms with Crippen LogP contribution in [0.15, 0.2) is 32.7 Å². The molecule has 0 N–H and O–H groups in total. The van der Waals surface area contributed by atoms with Gasteiger partial charge < -0.3 is 4.42 Å². The molecule has 0 amide bonds. The van der Waals surface area contributed by atoms with Gasteiger partial charge in [0.15, 0.2) is 5.58 Å². The van der Waals surface area contributed by atoms with Gasteiger partial charge in [0, 0.05) is 10.7 Å². The first kappa shape index (κ1) is 10.8. The molecule has 0 fully saturated rings. The maximum atomic E-state index is 11.1. The molecule has 15 heavy (non-hydrogen) atoms. The van der Waals surface area contributed by atoms with Crippen LogP contribution >= 0.6 is 22.4 Å². The Bertz CT molecular complexity index is 605. The summed E-state index contributed by atoms with van der Waals surface area (Å²) in [6.07, 6.45) is 1.82. The molecule has 0 radical (unpaired) electrons. The molecule has 1 aromatic carbocycles. The average molecular weight is 264 g/mol. The quantitative estimate of drug-likeness (QED) is 0.615. The summed E-state index contributed by atoms with van der Waals surface area (Å²) in [4.78, 5) is 4.10. The van der Waals surface area contributed by atoms with E-state index < -0.39 is 9.05 Å². The largest absolute Gasteiger partial charge is 0.431 e. The molecule has 4 nitrogen and oxygen atoms in total. The van der Waals surface area contributed by atoms with Crippen LogP contribution in [0.3, 0.4) is 0 Å². The fraction of sp³-hybridized carbons (Fsp3) is 0.125. The van der Waals surface area contributed by atoms with Gasteiger partial charge in [-0.05, 0) is 24.5 Å². The smallest absolute Gasteiger partial charge is 0.261 e. The zero-order chi connectivity index (χ0) is 11.1. The predicted octanol–water partition coefficient (Wildman–Crippen LogP) is 2.48. The lowest BCUT2D eigenvalue weighted by molar-refractivity contribution is 0.490. The Morgan fingerprint density at radius 2 is 2.20 bits per heavy atom. The Hall–Kier alpha value is -0.720. The number of rotatable bonds is 2. The first-order valence-electron chi connectivity index (χ1n) is 3.90. The molecule has 0 aliphatic rings. The molecule has 1 aromatic heterocycles. The van der Waals surface area contributed by atoms with Crippen LogP contribution in [0, 0.1) is 0 Å². The summed E-state index contributed by atoms with van der Waals surface area (Å²) in [5.74, 6) is 0. The van der Waals surface area contributed by atoms with Crippen molar-refractivity contribution in [2.75, 3.05) is 6.26 Å². The number of fused-ring (bicyclic) bond motifs is 1. The fourth-order valence-electron chi connectivity index (χ4n) is 1.13. The molecule has 0 aliphatic heterocycles. The second kappa shape index (κ2) is 3.70. The molecule has 0 atom stereocenters. The van der Waals surface area contributed by atoms with Crippen LogP contribution < -0.4 is 0 Å². The van der Waals surface area contributed by atoms with Gasteiger partial charge in [0.25, 0.3) is 14.3 Å². The molecule has 7 heteroatoms. The van der Waals surface area contributed by atoms with E-state index in [1.54, 1.807) is 0 Å². The van der Waals surface area contributed by atoms with Crippen LogP contribution in [0.5, 0.6) is 0 Å². The minimum Gasteiger partial charge on any atom is -0.431 e. The summed E-state index contributed by atoms with van der Waals surface area (Å²) >= 11 is 1.35. The van der Waals surface area contributed by atoms with Crippen LogP contribution in [-0.4, -0.2) is 19.7 Å². The lowest BCUT2D eigenvalue weighted by Gasteiger charge is -1.93. The Morgan fingerprint density at radius 1 is 1.47 bits per heavy atom. The molecule has 2 rings (SSSR count). The molecule has 2 aromatic rings. The van der Waals surface area contributed by atoms with Crippen molar-refractivity contribution < 1.29 is 12.8 Å². The first-order valence-corrected chi connectivity index (χ1v) is 7.43. The summed E-state index contributed by atoms with van der Waals surface area (Å²) in [7, 11) is 1.50. The molecule has 1 heterocycles. The Kier molecular flexibility index (Phi) is 2.66. The fourth-order valence-corrected chi connectivity index (χ4v) is 2.26. The van der Waals surface area contributed by atoms with Crippen molar-refractivity contribution in [1.82, 2.24) is 4.98 Å². The van der Waals surface area contributed by atoms with E-state index in [0.717, 1.165) is 0 Å². The summed E-state index contributed by atoms with van der Waals surface area (Å²) in [5.41, 5.74) is 1.03. The maximum Gasteiger partial charge on any atom is 0.261 e. The number of thioether (sulfide) groups is 1. The molecular weight excluding hydrogens is 258 g/mol. The molecule has 0 bridgehead atoms. The minimum absolute atomic E-state index is 0.0256. The molecule has 0 saturated carbocycles. The normalized spacial score (nSPS) is 12.1. The second-order valence-electron chi connectivity index (χ2n) is 2.75. The van der Waals surface area contributed by atoms with Gasteiger partial charge in [-0.15, -0.1) is 0 Å². The average Bonchev–Trinajstić information content (AvgIpc) is 2.57. The highest BCUT2D eigenvalue weighted by molar-refractivity contribution is 8.13. The third-order valence-corrected chi connectivity index (χ3v) is 3.67. The van der Waals surface area contributed by atoms with E-state index in [1.165, 1.54) is 30.0 Å². The number of nitrogens with zero attached hydrogens (tertiary/aromatic N) is 1. The van der Waals surface area contributed by atoms with Crippen molar-refractivity contribution in [3.05, 3.63) is 18.2 Å². The van der Waals surface area contributed by atoms with Crippen molar-refractivity contribution in [3.63, 3.8) is 0 Å². The van der Waals surface area contributed by atoms with E-state index in [9.17, 15) is 8.42 Å². The monoisotopic (exact) mass is 263 g/mol. The number of oxazole rings is 1. The van der Waals surface area contributed by atoms with E-state index in [0.29, 0.717) is 16.3 Å². The lowest BCUT2D eigenvalue weighted by Crippen LogP contribution is -1.89. The van der Waals surface area contributed by atoms with Crippen LogP contribution in [0.4, 0.5) is 0 Å². The second-order valence-corrected chi connectivity index (χ2v) is 6.07. The van der Waals surface area contributed by atoms with E-state index in [1.807, 2.05) is 6.26 Å². The highest BCUT2D eigenvalue weighted by Gasteiger charge is 2.13. The third kappa shape index (κ3) is 2.11. The van der Waals surface area contributed by atoms with Crippen molar-refractivity contribution in [1.29, 1.82) is 0 Å². The van der Waals surface area contributed by atoms with Crippen LogP contribution in [0.25, 0.3) is 11.1 Å². The van der Waals surface area contributed by atoms with Gasteiger partial charge >= 0.3 is 0 Å². The molecular formula is C8H6ClNO3S2. The number of hydrogen-bond acceptors (Lipinski definition) is 5. The highest BCUT2D eigenvalue weighted by atomic mass is 35.7. The van der Waals surface area contributed by atoms with Gasteiger partial charge in [-0.1, -0.05) is 11.8 Å². The zero-order valence-electron chi connectivity index (χ0n) is 7.60. The Balaban J connectivity index is 2.66. The van der Waals surface area contributed by atoms with Gasteiger partial charge in [0.2, 0.25) is 0 Å². The van der Waals surface area contributed by atoms with Crippen LogP contribution in [0.2, 0.25) is 0 Å². The third-order valence-electron chi connectivity index (χ3n) is 1.80. The lowest BCUT2D eigenvalue weighted by atomic mass is 10.3. The van der Waals surface area contributed by atoms with Crippen molar-refractivity contribution in [2.24, 2.45) is 0 Å². The van der Waals surface area contributed by atoms with E-state index in [2.05, 4.69) is 4.98 Å². The van der Waals surface area contributed by atoms with E-state index in [-0.39, 0.29) is 4.90 Å². The summed E-state index contributed by atoms with van der Waals surface area (Å²) in [6, 6.07) is 4.32. The summed E-state index contributed by atoms with van der Waals surface area (Å²) in [6.45, 7) is 0. The Morgan fingerprint density at radius 3 is 2.80 bits per heavy atom. The molecule has 0 spiro atoms. The summed E-state index contributed by atoms with van der Waals surface area (Å²) in [5, 5.41) is 0.495. The van der Waals surface area contributed by atoms with Gasteiger partial charge in [0.05, 0.1) is 4.90 Å². The standard InChI is InChI=1S/C8H6ClNO3S2/c1-14-8-10-6-4-5(15(9,11)12)2-3-7(6)13-8/h2-4H,1H3. The zero-order valence-corrected chi connectivity index (χ0v) is 9.99. The van der Waals surface area contributed by atoms with Gasteiger partial charge in [0.1, 0.15) is 5.52 Å². The summed E-state index contributed by atoms with van der Waals surface area (Å²) < 4.78 is 27.4. The number of hydrogen-bond donors (Lipinski definition) is 0. The SMILES string of the molecule is CSc1nc2cc(S(=O)(=O)Cl)ccc2o1. The highest BCUT2D eigenvalue weighted by Crippen LogP contribution is 2.25. The molecule has 0 saturated heterocycles. The number of halogens is 1.